The molecule has 1 aliphatic rings. The first-order valence-corrected chi connectivity index (χ1v) is 8.05. The van der Waals surface area contributed by atoms with E-state index in [1.807, 2.05) is 15.9 Å². The molecule has 0 saturated carbocycles. The van der Waals surface area contributed by atoms with E-state index in [4.69, 9.17) is 0 Å². The van der Waals surface area contributed by atoms with Crippen LogP contribution in [0.15, 0.2) is 53.5 Å². The average molecular weight is 342 g/mol. The van der Waals surface area contributed by atoms with Gasteiger partial charge in [-0.05, 0) is 24.3 Å². The lowest BCUT2D eigenvalue weighted by Crippen LogP contribution is -2.47. The van der Waals surface area contributed by atoms with Crippen LogP contribution in [0.5, 0.6) is 0 Å². The lowest BCUT2D eigenvalue weighted by atomic mass is 10.2. The number of pyridine rings is 1. The molecule has 3 heterocycles. The van der Waals surface area contributed by atoms with Gasteiger partial charge in [0, 0.05) is 44.5 Å². The third-order valence-corrected chi connectivity index (χ3v) is 4.41. The number of halogens is 2. The first-order chi connectivity index (χ1) is 12.1. The molecule has 4 rings (SSSR count). The first-order valence-electron chi connectivity index (χ1n) is 8.05. The van der Waals surface area contributed by atoms with Gasteiger partial charge in [0.25, 0.3) is 5.56 Å². The molecule has 3 aromatic rings. The largest absolute Gasteiger partial charge is 0.366 e. The van der Waals surface area contributed by atoms with Crippen LogP contribution in [-0.2, 0) is 0 Å². The molecular formula is C18H16F2N4O. The molecule has 5 nitrogen and oxygen atoms in total. The van der Waals surface area contributed by atoms with E-state index in [0.717, 1.165) is 12.1 Å². The normalized spacial score (nSPS) is 15.0. The van der Waals surface area contributed by atoms with Gasteiger partial charge in [0.05, 0.1) is 5.69 Å². The lowest BCUT2D eigenvalue weighted by Gasteiger charge is -2.36. The monoisotopic (exact) mass is 342 g/mol. The van der Waals surface area contributed by atoms with E-state index < -0.39 is 11.6 Å². The summed E-state index contributed by atoms with van der Waals surface area (Å²) in [5, 5.41) is 0. The van der Waals surface area contributed by atoms with Crippen LogP contribution in [0.3, 0.4) is 0 Å². The number of rotatable bonds is 2. The number of anilines is 2. The lowest BCUT2D eigenvalue weighted by molar-refractivity contribution is 0.579. The molecule has 25 heavy (non-hydrogen) atoms. The van der Waals surface area contributed by atoms with Gasteiger partial charge in [0.15, 0.2) is 0 Å². The van der Waals surface area contributed by atoms with Gasteiger partial charge in [-0.15, -0.1) is 0 Å². The quantitative estimate of drug-likeness (QED) is 0.717. The number of aromatic nitrogens is 2. The molecule has 0 bridgehead atoms. The maximum absolute atomic E-state index is 13.9. The Morgan fingerprint density at radius 2 is 1.68 bits per heavy atom. The van der Waals surface area contributed by atoms with Crippen LogP contribution in [0, 0.1) is 11.6 Å². The smallest absolute Gasteiger partial charge is 0.259 e. The molecule has 7 heteroatoms. The molecule has 1 aromatic carbocycles. The molecule has 0 atom stereocenters. The molecule has 0 amide bonds. The fourth-order valence-corrected chi connectivity index (χ4v) is 3.11. The predicted octanol–water partition coefficient (Wildman–Crippen LogP) is 2.30. The van der Waals surface area contributed by atoms with Crippen LogP contribution < -0.4 is 15.4 Å². The Morgan fingerprint density at radius 3 is 2.48 bits per heavy atom. The molecule has 0 N–H and O–H groups in total. The van der Waals surface area contributed by atoms with Crippen LogP contribution in [0.25, 0.3) is 5.65 Å². The highest BCUT2D eigenvalue weighted by molar-refractivity contribution is 5.52. The molecule has 128 valence electrons. The van der Waals surface area contributed by atoms with Crippen LogP contribution in [0.4, 0.5) is 20.3 Å². The van der Waals surface area contributed by atoms with Crippen molar-refractivity contribution < 1.29 is 8.78 Å². The van der Waals surface area contributed by atoms with E-state index >= 15 is 0 Å². The Hall–Kier alpha value is -2.96. The molecule has 1 saturated heterocycles. The first kappa shape index (κ1) is 15.6. The number of nitrogens with zero attached hydrogens (tertiary/aromatic N) is 4. The minimum Gasteiger partial charge on any atom is -0.366 e. The van der Waals surface area contributed by atoms with E-state index in [9.17, 15) is 13.6 Å². The fraction of sp³-hybridized carbons (Fsp3) is 0.222. The van der Waals surface area contributed by atoms with E-state index in [1.54, 1.807) is 18.3 Å². The van der Waals surface area contributed by atoms with Crippen molar-refractivity contribution in [3.63, 3.8) is 0 Å². The SMILES string of the molecule is O=c1cc(N2CCN(c3cc(F)ccc3F)CC2)nc2ccccn12. The number of piperazine rings is 1. The summed E-state index contributed by atoms with van der Waals surface area (Å²) in [6.45, 7) is 2.20. The van der Waals surface area contributed by atoms with Crippen molar-refractivity contribution in [3.8, 4) is 0 Å². The minimum absolute atomic E-state index is 0.140. The second-order valence-corrected chi connectivity index (χ2v) is 5.95. The highest BCUT2D eigenvalue weighted by Crippen LogP contribution is 2.23. The zero-order valence-electron chi connectivity index (χ0n) is 13.4. The van der Waals surface area contributed by atoms with Crippen molar-refractivity contribution >= 4 is 17.2 Å². The Labute approximate surface area is 142 Å². The Balaban J connectivity index is 1.56. The van der Waals surface area contributed by atoms with Crippen molar-refractivity contribution in [2.45, 2.75) is 0 Å². The number of benzene rings is 1. The van der Waals surface area contributed by atoms with Crippen LogP contribution in [0.2, 0.25) is 0 Å². The molecule has 0 radical (unpaired) electrons. The maximum Gasteiger partial charge on any atom is 0.259 e. The second kappa shape index (κ2) is 6.16. The summed E-state index contributed by atoms with van der Waals surface area (Å²) >= 11 is 0. The van der Waals surface area contributed by atoms with Gasteiger partial charge in [-0.25, -0.2) is 13.8 Å². The van der Waals surface area contributed by atoms with Gasteiger partial charge in [0.1, 0.15) is 23.1 Å². The van der Waals surface area contributed by atoms with E-state index in [1.165, 1.54) is 16.5 Å². The highest BCUT2D eigenvalue weighted by atomic mass is 19.1. The van der Waals surface area contributed by atoms with Gasteiger partial charge < -0.3 is 9.80 Å². The molecule has 2 aromatic heterocycles. The van der Waals surface area contributed by atoms with E-state index in [-0.39, 0.29) is 11.2 Å². The summed E-state index contributed by atoms with van der Waals surface area (Å²) in [5.41, 5.74) is 0.717. The van der Waals surface area contributed by atoms with Gasteiger partial charge in [-0.1, -0.05) is 6.07 Å². The van der Waals surface area contributed by atoms with Gasteiger partial charge in [0.2, 0.25) is 0 Å². The number of fused-ring (bicyclic) bond motifs is 1. The van der Waals surface area contributed by atoms with Gasteiger partial charge >= 0.3 is 0 Å². The summed E-state index contributed by atoms with van der Waals surface area (Å²) < 4.78 is 28.8. The second-order valence-electron chi connectivity index (χ2n) is 5.95. The van der Waals surface area contributed by atoms with Gasteiger partial charge in [-0.2, -0.15) is 0 Å². The van der Waals surface area contributed by atoms with E-state index in [2.05, 4.69) is 4.98 Å². The maximum atomic E-state index is 13.9. The van der Waals surface area contributed by atoms with Crippen molar-refractivity contribution in [1.82, 2.24) is 9.38 Å². The van der Waals surface area contributed by atoms with E-state index in [0.29, 0.717) is 37.6 Å². The van der Waals surface area contributed by atoms with Crippen LogP contribution in [0.1, 0.15) is 0 Å². The minimum atomic E-state index is -0.456. The highest BCUT2D eigenvalue weighted by Gasteiger charge is 2.21. The standard InChI is InChI=1S/C18H16F2N4O/c19-13-4-5-14(20)15(11-13)22-7-9-23(10-8-22)17-12-18(25)24-6-2-1-3-16(24)21-17/h1-6,11-12H,7-10H2. The van der Waals surface area contributed by atoms with Crippen molar-refractivity contribution in [1.29, 1.82) is 0 Å². The van der Waals surface area contributed by atoms with Crippen molar-refractivity contribution in [3.05, 3.63) is 70.6 Å². The summed E-state index contributed by atoms with van der Waals surface area (Å²) in [6.07, 6.45) is 1.68. The van der Waals surface area contributed by atoms with Crippen LogP contribution in [-0.4, -0.2) is 35.6 Å². The topological polar surface area (TPSA) is 40.9 Å². The van der Waals surface area contributed by atoms with Crippen LogP contribution >= 0.6 is 0 Å². The van der Waals surface area contributed by atoms with Crippen molar-refractivity contribution in [2.24, 2.45) is 0 Å². The summed E-state index contributed by atoms with van der Waals surface area (Å²) in [4.78, 5) is 20.5. The Bertz CT molecular complexity index is 980. The molecule has 1 aliphatic heterocycles. The van der Waals surface area contributed by atoms with Crippen molar-refractivity contribution in [2.75, 3.05) is 36.0 Å². The van der Waals surface area contributed by atoms with Gasteiger partial charge in [-0.3, -0.25) is 9.20 Å². The Kier molecular flexibility index (Phi) is 3.83. The fourth-order valence-electron chi connectivity index (χ4n) is 3.11. The number of hydrogen-bond acceptors (Lipinski definition) is 4. The molecule has 0 unspecified atom stereocenters. The zero-order chi connectivity index (χ0) is 17.4. The molecule has 1 fully saturated rings. The zero-order valence-corrected chi connectivity index (χ0v) is 13.4. The number of hydrogen-bond donors (Lipinski definition) is 0. The average Bonchev–Trinajstić information content (AvgIpc) is 2.64. The molecular weight excluding hydrogens is 326 g/mol. The summed E-state index contributed by atoms with van der Waals surface area (Å²) in [5.74, 6) is -0.282. The predicted molar refractivity (Wildman–Crippen MR) is 92.2 cm³/mol. The summed E-state index contributed by atoms with van der Waals surface area (Å²) in [6, 6.07) is 10.4. The third-order valence-electron chi connectivity index (χ3n) is 4.41. The molecule has 0 aliphatic carbocycles. The summed E-state index contributed by atoms with van der Waals surface area (Å²) in [7, 11) is 0. The Morgan fingerprint density at radius 1 is 0.920 bits per heavy atom. The molecule has 0 spiro atoms. The third kappa shape index (κ3) is 2.93.